The van der Waals surface area contributed by atoms with E-state index in [0.717, 1.165) is 6.26 Å². The number of hydrogen-bond donors (Lipinski definition) is 2. The fraction of sp³-hybridized carbons (Fsp3) is 0.600. The Hall–Kier alpha value is -0.310. The van der Waals surface area contributed by atoms with Crippen molar-refractivity contribution in [2.24, 2.45) is 5.92 Å². The van der Waals surface area contributed by atoms with E-state index in [0.29, 0.717) is 0 Å². The van der Waals surface area contributed by atoms with Gasteiger partial charge in [0.15, 0.2) is 0 Å². The molecule has 0 aliphatic heterocycles. The summed E-state index contributed by atoms with van der Waals surface area (Å²) in [6, 6.07) is 0. The van der Waals surface area contributed by atoms with Crippen molar-refractivity contribution < 1.29 is 18.9 Å². The van der Waals surface area contributed by atoms with Crippen LogP contribution in [0, 0.1) is 5.92 Å². The predicted molar refractivity (Wildman–Crippen MR) is 37.1 cm³/mol. The van der Waals surface area contributed by atoms with Gasteiger partial charge in [-0.05, 0) is 12.0 Å². The predicted octanol–water partition coefficient (Wildman–Crippen LogP) is 1.27. The molecule has 0 atom stereocenters. The first-order valence-electron chi connectivity index (χ1n) is 2.82. The van der Waals surface area contributed by atoms with Gasteiger partial charge in [-0.3, -0.25) is 9.79 Å². The maximum atomic E-state index is 10.0. The molecule has 0 aliphatic rings. The minimum absolute atomic E-state index is 0.228. The summed E-state index contributed by atoms with van der Waals surface area (Å²) < 4.78 is 14.1. The highest BCUT2D eigenvalue weighted by molar-refractivity contribution is 7.46. The van der Waals surface area contributed by atoms with Gasteiger partial charge in [-0.2, -0.15) is 0 Å². The lowest BCUT2D eigenvalue weighted by Gasteiger charge is -2.00. The minimum Gasteiger partial charge on any atom is -0.413 e. The third-order valence-electron chi connectivity index (χ3n) is 0.662. The zero-order chi connectivity index (χ0) is 8.20. The van der Waals surface area contributed by atoms with Crippen LogP contribution in [0.4, 0.5) is 0 Å². The molecule has 2 N–H and O–H groups in total. The zero-order valence-corrected chi connectivity index (χ0v) is 6.78. The average Bonchev–Trinajstić information content (AvgIpc) is 1.59. The molecular weight excluding hydrogens is 155 g/mol. The third-order valence-corrected chi connectivity index (χ3v) is 1.06. The molecule has 0 unspecified atom stereocenters. The maximum absolute atomic E-state index is 10.0. The molecular formula is C5H11O4P. The van der Waals surface area contributed by atoms with Crippen molar-refractivity contribution in [3.63, 3.8) is 0 Å². The Morgan fingerprint density at radius 3 is 2.30 bits per heavy atom. The van der Waals surface area contributed by atoms with Gasteiger partial charge in [-0.25, -0.2) is 4.57 Å². The Morgan fingerprint density at radius 1 is 1.50 bits per heavy atom. The van der Waals surface area contributed by atoms with Gasteiger partial charge in [0.25, 0.3) is 0 Å². The second-order valence-corrected chi connectivity index (χ2v) is 3.36. The van der Waals surface area contributed by atoms with Crippen LogP contribution >= 0.6 is 7.82 Å². The van der Waals surface area contributed by atoms with Gasteiger partial charge in [0, 0.05) is 0 Å². The van der Waals surface area contributed by atoms with Crippen molar-refractivity contribution in [1.29, 1.82) is 0 Å². The topological polar surface area (TPSA) is 66.8 Å². The molecule has 0 aromatic carbocycles. The first-order valence-corrected chi connectivity index (χ1v) is 4.35. The van der Waals surface area contributed by atoms with Crippen LogP contribution in [0.15, 0.2) is 12.3 Å². The molecule has 0 aromatic rings. The molecule has 60 valence electrons. The normalized spacial score (nSPS) is 12.9. The monoisotopic (exact) mass is 166 g/mol. The van der Waals surface area contributed by atoms with Crippen molar-refractivity contribution in [2.45, 2.75) is 13.8 Å². The van der Waals surface area contributed by atoms with Gasteiger partial charge in [0.2, 0.25) is 0 Å². The van der Waals surface area contributed by atoms with Gasteiger partial charge in [-0.15, -0.1) is 0 Å². The van der Waals surface area contributed by atoms with Crippen molar-refractivity contribution in [3.05, 3.63) is 12.3 Å². The number of phosphoric ester groups is 1. The molecule has 4 nitrogen and oxygen atoms in total. The molecule has 0 heterocycles. The summed E-state index contributed by atoms with van der Waals surface area (Å²) in [4.78, 5) is 16.3. The number of allylic oxidation sites excluding steroid dienone is 1. The van der Waals surface area contributed by atoms with Crippen LogP contribution in [-0.2, 0) is 9.09 Å². The van der Waals surface area contributed by atoms with Crippen LogP contribution in [0.1, 0.15) is 13.8 Å². The van der Waals surface area contributed by atoms with Crippen LogP contribution in [0.3, 0.4) is 0 Å². The number of rotatable bonds is 3. The number of phosphoric acid groups is 1. The van der Waals surface area contributed by atoms with Crippen LogP contribution < -0.4 is 0 Å². The highest BCUT2D eigenvalue weighted by Crippen LogP contribution is 2.35. The van der Waals surface area contributed by atoms with E-state index in [4.69, 9.17) is 9.79 Å². The largest absolute Gasteiger partial charge is 0.524 e. The van der Waals surface area contributed by atoms with Crippen molar-refractivity contribution in [2.75, 3.05) is 0 Å². The lowest BCUT2D eigenvalue weighted by atomic mass is 10.2. The molecule has 0 saturated carbocycles. The molecule has 0 fully saturated rings. The summed E-state index contributed by atoms with van der Waals surface area (Å²) in [7, 11) is -4.31. The van der Waals surface area contributed by atoms with E-state index in [1.807, 2.05) is 13.8 Å². The summed E-state index contributed by atoms with van der Waals surface area (Å²) in [5.41, 5.74) is 0. The van der Waals surface area contributed by atoms with E-state index in [-0.39, 0.29) is 5.92 Å². The van der Waals surface area contributed by atoms with E-state index >= 15 is 0 Å². The third kappa shape index (κ3) is 7.69. The molecule has 5 heteroatoms. The fourth-order valence-electron chi connectivity index (χ4n) is 0.272. The number of hydrogen-bond acceptors (Lipinski definition) is 2. The fourth-order valence-corrected chi connectivity index (χ4v) is 0.500. The molecule has 0 radical (unpaired) electrons. The Labute approximate surface area is 59.8 Å². The van der Waals surface area contributed by atoms with Crippen molar-refractivity contribution in [1.82, 2.24) is 0 Å². The Kier molecular flexibility index (Phi) is 3.64. The molecule has 0 amide bonds. The summed E-state index contributed by atoms with van der Waals surface area (Å²) >= 11 is 0. The summed E-state index contributed by atoms with van der Waals surface area (Å²) in [5.74, 6) is 0.228. The van der Waals surface area contributed by atoms with Crippen LogP contribution in [-0.4, -0.2) is 9.79 Å². The SMILES string of the molecule is CC(C)C=COP(=O)(O)O. The average molecular weight is 166 g/mol. The van der Waals surface area contributed by atoms with Gasteiger partial charge in [-0.1, -0.05) is 13.8 Å². The van der Waals surface area contributed by atoms with E-state index in [2.05, 4.69) is 4.52 Å². The Bertz CT molecular complexity index is 157. The minimum atomic E-state index is -4.31. The highest BCUT2D eigenvalue weighted by atomic mass is 31.2. The van der Waals surface area contributed by atoms with Crippen LogP contribution in [0.2, 0.25) is 0 Å². The van der Waals surface area contributed by atoms with Crippen LogP contribution in [0.5, 0.6) is 0 Å². The molecule has 0 rings (SSSR count). The van der Waals surface area contributed by atoms with E-state index in [9.17, 15) is 4.57 Å². The van der Waals surface area contributed by atoms with Gasteiger partial charge in [0.1, 0.15) is 0 Å². The smallest absolute Gasteiger partial charge is 0.413 e. The Balaban J connectivity index is 3.65. The van der Waals surface area contributed by atoms with E-state index in [1.165, 1.54) is 0 Å². The summed E-state index contributed by atoms with van der Waals surface area (Å²) in [6.07, 6.45) is 2.57. The Morgan fingerprint density at radius 2 is 2.00 bits per heavy atom. The second-order valence-electron chi connectivity index (χ2n) is 2.17. The highest BCUT2D eigenvalue weighted by Gasteiger charge is 2.10. The molecule has 0 bridgehead atoms. The first-order chi connectivity index (χ1) is 4.42. The van der Waals surface area contributed by atoms with E-state index < -0.39 is 7.82 Å². The molecule has 0 spiro atoms. The standard InChI is InChI=1S/C5H11O4P/c1-5(2)3-4-9-10(6,7)8/h3-5H,1-2H3,(H2,6,7,8). The van der Waals surface area contributed by atoms with Gasteiger partial charge >= 0.3 is 7.82 Å². The zero-order valence-electron chi connectivity index (χ0n) is 5.89. The lowest BCUT2D eigenvalue weighted by Crippen LogP contribution is -1.81. The van der Waals surface area contributed by atoms with Crippen molar-refractivity contribution >= 4 is 7.82 Å². The first kappa shape index (κ1) is 9.69. The van der Waals surface area contributed by atoms with Gasteiger partial charge < -0.3 is 4.52 Å². The molecule has 10 heavy (non-hydrogen) atoms. The maximum Gasteiger partial charge on any atom is 0.524 e. The lowest BCUT2D eigenvalue weighted by molar-refractivity contribution is 0.258. The van der Waals surface area contributed by atoms with Crippen LogP contribution in [0.25, 0.3) is 0 Å². The summed E-state index contributed by atoms with van der Waals surface area (Å²) in [5, 5.41) is 0. The van der Waals surface area contributed by atoms with Crippen molar-refractivity contribution in [3.8, 4) is 0 Å². The molecule has 0 saturated heterocycles. The molecule has 0 aliphatic carbocycles. The summed E-state index contributed by atoms with van der Waals surface area (Å²) in [6.45, 7) is 3.75. The quantitative estimate of drug-likeness (QED) is 0.489. The molecule has 0 aromatic heterocycles. The second kappa shape index (κ2) is 3.76. The van der Waals surface area contributed by atoms with E-state index in [1.54, 1.807) is 6.08 Å². The van der Waals surface area contributed by atoms with Gasteiger partial charge in [0.05, 0.1) is 6.26 Å².